The maximum absolute atomic E-state index is 12.0. The van der Waals surface area contributed by atoms with E-state index in [4.69, 9.17) is 0 Å². The third-order valence-electron chi connectivity index (χ3n) is 3.07. The summed E-state index contributed by atoms with van der Waals surface area (Å²) >= 11 is 1.66. The van der Waals surface area contributed by atoms with Crippen molar-refractivity contribution in [3.63, 3.8) is 0 Å². The molecular formula is C12H19N3OS. The third kappa shape index (κ3) is 2.84. The summed E-state index contributed by atoms with van der Waals surface area (Å²) in [4.78, 5) is 17.5. The molecular weight excluding hydrogens is 234 g/mol. The molecule has 2 N–H and O–H groups in total. The zero-order chi connectivity index (χ0) is 12.4. The van der Waals surface area contributed by atoms with Gasteiger partial charge in [-0.3, -0.25) is 4.79 Å². The largest absolute Gasteiger partial charge is 0.347 e. The molecule has 0 aliphatic carbocycles. The van der Waals surface area contributed by atoms with Crippen LogP contribution in [0.4, 0.5) is 0 Å². The average Bonchev–Trinajstić information content (AvgIpc) is 2.87. The molecule has 1 unspecified atom stereocenters. The summed E-state index contributed by atoms with van der Waals surface area (Å²) < 4.78 is 0. The van der Waals surface area contributed by atoms with Crippen molar-refractivity contribution in [2.75, 3.05) is 6.54 Å². The molecule has 1 aromatic rings. The molecule has 0 aromatic carbocycles. The zero-order valence-corrected chi connectivity index (χ0v) is 11.4. The van der Waals surface area contributed by atoms with Crippen LogP contribution in [-0.4, -0.2) is 23.5 Å². The normalized spacial score (nSPS) is 21.5. The van der Waals surface area contributed by atoms with E-state index in [0.717, 1.165) is 35.0 Å². The molecule has 94 valence electrons. The van der Waals surface area contributed by atoms with Gasteiger partial charge in [-0.2, -0.15) is 0 Å². The summed E-state index contributed by atoms with van der Waals surface area (Å²) in [6.07, 6.45) is 2.03. The van der Waals surface area contributed by atoms with E-state index in [-0.39, 0.29) is 18.0 Å². The van der Waals surface area contributed by atoms with Crippen LogP contribution in [0.25, 0.3) is 0 Å². The summed E-state index contributed by atoms with van der Waals surface area (Å²) in [5.74, 6) is 0.112. The van der Waals surface area contributed by atoms with Crippen molar-refractivity contribution < 1.29 is 4.79 Å². The Bertz CT molecular complexity index is 410. The van der Waals surface area contributed by atoms with E-state index in [0.29, 0.717) is 0 Å². The second-order valence-electron chi connectivity index (χ2n) is 4.56. The number of carbonyl (C=O) groups is 1. The minimum absolute atomic E-state index is 0.00762. The molecule has 0 bridgehead atoms. The van der Waals surface area contributed by atoms with Crippen LogP contribution in [0, 0.1) is 13.8 Å². The van der Waals surface area contributed by atoms with Crippen LogP contribution in [0.2, 0.25) is 0 Å². The molecule has 4 nitrogen and oxygen atoms in total. The number of aryl methyl sites for hydroxylation is 2. The summed E-state index contributed by atoms with van der Waals surface area (Å²) in [6, 6.07) is 0.0443. The van der Waals surface area contributed by atoms with Crippen LogP contribution >= 0.6 is 11.3 Å². The number of aromatic nitrogens is 1. The molecule has 5 heteroatoms. The lowest BCUT2D eigenvalue weighted by Gasteiger charge is -2.16. The number of thiazole rings is 1. The number of hydrogen-bond acceptors (Lipinski definition) is 4. The van der Waals surface area contributed by atoms with Crippen molar-refractivity contribution in [3.8, 4) is 0 Å². The van der Waals surface area contributed by atoms with Crippen LogP contribution < -0.4 is 10.6 Å². The molecule has 1 fully saturated rings. The highest BCUT2D eigenvalue weighted by molar-refractivity contribution is 7.11. The molecule has 1 aromatic heterocycles. The fraction of sp³-hybridized carbons (Fsp3) is 0.667. The van der Waals surface area contributed by atoms with E-state index in [2.05, 4.69) is 15.6 Å². The van der Waals surface area contributed by atoms with Gasteiger partial charge < -0.3 is 10.6 Å². The lowest BCUT2D eigenvalue weighted by Crippen LogP contribution is -2.41. The Balaban J connectivity index is 1.98. The first-order chi connectivity index (χ1) is 8.08. The van der Waals surface area contributed by atoms with Crippen LogP contribution in [0.1, 0.15) is 41.4 Å². The first-order valence-corrected chi connectivity index (χ1v) is 6.87. The molecule has 1 saturated heterocycles. The average molecular weight is 253 g/mol. The van der Waals surface area contributed by atoms with Gasteiger partial charge in [0.25, 0.3) is 0 Å². The van der Waals surface area contributed by atoms with Crippen LogP contribution in [0.15, 0.2) is 0 Å². The minimum Gasteiger partial charge on any atom is -0.347 e. The molecule has 2 heterocycles. The topological polar surface area (TPSA) is 54.0 Å². The van der Waals surface area contributed by atoms with Gasteiger partial charge in [-0.25, -0.2) is 4.98 Å². The van der Waals surface area contributed by atoms with E-state index >= 15 is 0 Å². The summed E-state index contributed by atoms with van der Waals surface area (Å²) in [5, 5.41) is 7.32. The quantitative estimate of drug-likeness (QED) is 0.862. The van der Waals surface area contributed by atoms with Crippen LogP contribution in [0.5, 0.6) is 0 Å². The van der Waals surface area contributed by atoms with Gasteiger partial charge in [-0.1, -0.05) is 0 Å². The molecule has 1 aliphatic heterocycles. The Kier molecular flexibility index (Phi) is 3.79. The maximum atomic E-state index is 12.0. The van der Waals surface area contributed by atoms with Gasteiger partial charge in [0.1, 0.15) is 0 Å². The van der Waals surface area contributed by atoms with Gasteiger partial charge in [-0.15, -0.1) is 11.3 Å². The molecule has 1 aliphatic rings. The monoisotopic (exact) mass is 253 g/mol. The Morgan fingerprint density at radius 3 is 2.88 bits per heavy atom. The van der Waals surface area contributed by atoms with Gasteiger partial charge in [0.2, 0.25) is 5.91 Å². The van der Waals surface area contributed by atoms with Crippen molar-refractivity contribution in [1.29, 1.82) is 0 Å². The molecule has 1 amide bonds. The summed E-state index contributed by atoms with van der Waals surface area (Å²) in [6.45, 7) is 6.96. The first-order valence-electron chi connectivity index (χ1n) is 6.05. The van der Waals surface area contributed by atoms with E-state index in [9.17, 15) is 4.79 Å². The predicted octanol–water partition coefficient (Wildman–Crippen LogP) is 1.69. The highest BCUT2D eigenvalue weighted by Crippen LogP contribution is 2.24. The zero-order valence-electron chi connectivity index (χ0n) is 10.5. The first kappa shape index (κ1) is 12.5. The Morgan fingerprint density at radius 1 is 1.59 bits per heavy atom. The Hall–Kier alpha value is -0.940. The lowest BCUT2D eigenvalue weighted by molar-refractivity contribution is -0.123. The molecule has 2 rings (SSSR count). The van der Waals surface area contributed by atoms with Gasteiger partial charge in [-0.05, 0) is 40.2 Å². The van der Waals surface area contributed by atoms with Crippen molar-refractivity contribution in [2.45, 2.75) is 45.7 Å². The van der Waals surface area contributed by atoms with Gasteiger partial charge in [0, 0.05) is 4.88 Å². The van der Waals surface area contributed by atoms with Gasteiger partial charge in [0.15, 0.2) is 0 Å². The Labute approximate surface area is 106 Å². The Morgan fingerprint density at radius 2 is 2.35 bits per heavy atom. The van der Waals surface area contributed by atoms with Crippen molar-refractivity contribution >= 4 is 17.2 Å². The number of carbonyl (C=O) groups excluding carboxylic acids is 1. The minimum atomic E-state index is -0.00762. The number of amides is 1. The molecule has 17 heavy (non-hydrogen) atoms. The maximum Gasteiger partial charge on any atom is 0.237 e. The molecule has 0 saturated carbocycles. The van der Waals surface area contributed by atoms with E-state index in [1.807, 2.05) is 20.8 Å². The summed E-state index contributed by atoms with van der Waals surface area (Å²) in [7, 11) is 0. The van der Waals surface area contributed by atoms with E-state index in [1.165, 1.54) is 0 Å². The summed E-state index contributed by atoms with van der Waals surface area (Å²) in [5.41, 5.74) is 1.03. The van der Waals surface area contributed by atoms with Crippen molar-refractivity contribution in [3.05, 3.63) is 15.6 Å². The number of rotatable bonds is 3. The highest BCUT2D eigenvalue weighted by Gasteiger charge is 2.24. The SMILES string of the molecule is Cc1nc(C)c(C(C)NC(=O)[C@H]2CCCN2)s1. The number of nitrogens with zero attached hydrogens (tertiary/aromatic N) is 1. The van der Waals surface area contributed by atoms with Crippen molar-refractivity contribution in [1.82, 2.24) is 15.6 Å². The van der Waals surface area contributed by atoms with E-state index in [1.54, 1.807) is 11.3 Å². The smallest absolute Gasteiger partial charge is 0.237 e. The van der Waals surface area contributed by atoms with E-state index < -0.39 is 0 Å². The molecule has 2 atom stereocenters. The number of hydrogen-bond donors (Lipinski definition) is 2. The number of nitrogens with one attached hydrogen (secondary N) is 2. The van der Waals surface area contributed by atoms with Crippen LogP contribution in [-0.2, 0) is 4.79 Å². The van der Waals surface area contributed by atoms with Gasteiger partial charge >= 0.3 is 0 Å². The van der Waals surface area contributed by atoms with Gasteiger partial charge in [0.05, 0.1) is 22.8 Å². The lowest BCUT2D eigenvalue weighted by atomic mass is 10.2. The second kappa shape index (κ2) is 5.14. The van der Waals surface area contributed by atoms with Crippen molar-refractivity contribution in [2.24, 2.45) is 0 Å². The molecule has 0 radical (unpaired) electrons. The highest BCUT2D eigenvalue weighted by atomic mass is 32.1. The standard InChI is InChI=1S/C12H19N3OS/c1-7-11(17-9(3)14-7)8(2)15-12(16)10-5-4-6-13-10/h8,10,13H,4-6H2,1-3H3,(H,15,16)/t8?,10-/m1/s1. The molecule has 0 spiro atoms. The fourth-order valence-corrected chi connectivity index (χ4v) is 3.17. The fourth-order valence-electron chi connectivity index (χ4n) is 2.24. The second-order valence-corrected chi connectivity index (χ2v) is 5.80. The van der Waals surface area contributed by atoms with Crippen LogP contribution in [0.3, 0.4) is 0 Å². The predicted molar refractivity (Wildman–Crippen MR) is 69.2 cm³/mol. The third-order valence-corrected chi connectivity index (χ3v) is 4.32.